The number of nitrogens with zero attached hydrogens (tertiary/aromatic N) is 4. The zero-order valence-electron chi connectivity index (χ0n) is 16.6. The number of rotatable bonds is 7. The van der Waals surface area contributed by atoms with Crippen molar-refractivity contribution in [1.82, 2.24) is 19.5 Å². The van der Waals surface area contributed by atoms with Crippen LogP contribution in [0.1, 0.15) is 40.3 Å². The normalized spacial score (nSPS) is 24.8. The minimum absolute atomic E-state index is 0.0506. The Labute approximate surface area is 169 Å². The van der Waals surface area contributed by atoms with Gasteiger partial charge in [-0.2, -0.15) is 9.97 Å². The van der Waals surface area contributed by atoms with E-state index in [4.69, 9.17) is 21.1 Å². The maximum atomic E-state index is 12.0. The highest BCUT2D eigenvalue weighted by molar-refractivity contribution is 6.33. The summed E-state index contributed by atoms with van der Waals surface area (Å²) in [6.45, 7) is 11.9. The summed E-state index contributed by atoms with van der Waals surface area (Å²) in [6.07, 6.45) is 3.65. The van der Waals surface area contributed by atoms with Crippen LogP contribution in [0.3, 0.4) is 0 Å². The van der Waals surface area contributed by atoms with E-state index in [9.17, 15) is 4.79 Å². The van der Waals surface area contributed by atoms with E-state index < -0.39 is 6.23 Å². The lowest BCUT2D eigenvalue weighted by molar-refractivity contribution is -0.118. The van der Waals surface area contributed by atoms with Crippen molar-refractivity contribution >= 4 is 34.6 Å². The molecule has 0 spiro atoms. The molecule has 3 heterocycles. The quantitative estimate of drug-likeness (QED) is 0.557. The summed E-state index contributed by atoms with van der Waals surface area (Å²) < 4.78 is 14.1. The maximum absolute atomic E-state index is 12.0. The summed E-state index contributed by atoms with van der Waals surface area (Å²) in [5, 5.41) is 2.85. The molecule has 1 saturated heterocycles. The van der Waals surface area contributed by atoms with E-state index in [-0.39, 0.29) is 41.1 Å². The van der Waals surface area contributed by atoms with E-state index in [0.29, 0.717) is 17.8 Å². The van der Waals surface area contributed by atoms with Gasteiger partial charge in [-0.3, -0.25) is 14.7 Å². The van der Waals surface area contributed by atoms with Gasteiger partial charge in [-0.25, -0.2) is 4.98 Å². The van der Waals surface area contributed by atoms with Crippen molar-refractivity contribution in [2.45, 2.75) is 52.6 Å². The molecule has 0 unspecified atom stereocenters. The third-order valence-corrected chi connectivity index (χ3v) is 5.18. The Morgan fingerprint density at radius 1 is 1.50 bits per heavy atom. The number of imidazole rings is 1. The van der Waals surface area contributed by atoms with Gasteiger partial charge >= 0.3 is 0 Å². The Hall–Kier alpha value is -2.03. The standard InChI is InChI=1S/C19H26ClN5O3/c1-6-8-27-14-11(5)12(7-2)28-18(14)25-9-21-13-15(20)22-19(23-16(13)25)24-17(26)10(3)4/h6,9-12,14,18H,1,7-8H2,2-5H3,(H,22,23,24,26)/t11-,12-,14-,18-/m1/s1. The highest BCUT2D eigenvalue weighted by Gasteiger charge is 2.43. The summed E-state index contributed by atoms with van der Waals surface area (Å²) >= 11 is 6.29. The number of carbonyl (C=O) groups is 1. The number of anilines is 1. The highest BCUT2D eigenvalue weighted by Crippen LogP contribution is 2.39. The van der Waals surface area contributed by atoms with Crippen LogP contribution in [0.15, 0.2) is 19.0 Å². The molecular weight excluding hydrogens is 382 g/mol. The molecule has 0 aromatic carbocycles. The van der Waals surface area contributed by atoms with Crippen molar-refractivity contribution in [3.05, 3.63) is 24.1 Å². The molecule has 1 aliphatic rings. The molecule has 2 aromatic heterocycles. The van der Waals surface area contributed by atoms with Crippen LogP contribution >= 0.6 is 11.6 Å². The van der Waals surface area contributed by atoms with Crippen LogP contribution in [-0.4, -0.2) is 44.2 Å². The Balaban J connectivity index is 2.00. The van der Waals surface area contributed by atoms with Gasteiger partial charge in [0.2, 0.25) is 11.9 Å². The van der Waals surface area contributed by atoms with Crippen LogP contribution in [0, 0.1) is 11.8 Å². The molecule has 28 heavy (non-hydrogen) atoms. The molecule has 2 aromatic rings. The zero-order valence-corrected chi connectivity index (χ0v) is 17.3. The Morgan fingerprint density at radius 3 is 2.89 bits per heavy atom. The predicted octanol–water partition coefficient (Wildman–Crippen LogP) is 3.59. The van der Waals surface area contributed by atoms with Gasteiger partial charge in [0, 0.05) is 11.8 Å². The first-order valence-corrected chi connectivity index (χ1v) is 9.84. The monoisotopic (exact) mass is 407 g/mol. The molecule has 0 radical (unpaired) electrons. The number of fused-ring (bicyclic) bond motifs is 1. The summed E-state index contributed by atoms with van der Waals surface area (Å²) in [4.78, 5) is 25.0. The van der Waals surface area contributed by atoms with E-state index in [0.717, 1.165) is 6.42 Å². The topological polar surface area (TPSA) is 91.2 Å². The molecule has 1 aliphatic heterocycles. The maximum Gasteiger partial charge on any atom is 0.232 e. The predicted molar refractivity (Wildman–Crippen MR) is 107 cm³/mol. The van der Waals surface area contributed by atoms with Crippen molar-refractivity contribution in [2.24, 2.45) is 11.8 Å². The fourth-order valence-electron chi connectivity index (χ4n) is 3.34. The Kier molecular flexibility index (Phi) is 6.32. The lowest BCUT2D eigenvalue weighted by Gasteiger charge is -2.22. The number of hydrogen-bond donors (Lipinski definition) is 1. The number of carbonyl (C=O) groups excluding carboxylic acids is 1. The minimum Gasteiger partial charge on any atom is -0.369 e. The number of hydrogen-bond acceptors (Lipinski definition) is 6. The first kappa shape index (κ1) is 20.7. The number of aromatic nitrogens is 4. The largest absolute Gasteiger partial charge is 0.369 e. The molecule has 1 amide bonds. The second kappa shape index (κ2) is 8.55. The second-order valence-electron chi connectivity index (χ2n) is 7.23. The van der Waals surface area contributed by atoms with Crippen molar-refractivity contribution < 1.29 is 14.3 Å². The fraction of sp³-hybridized carbons (Fsp3) is 0.579. The van der Waals surface area contributed by atoms with Crippen LogP contribution in [0.4, 0.5) is 5.95 Å². The van der Waals surface area contributed by atoms with Crippen molar-refractivity contribution in [1.29, 1.82) is 0 Å². The van der Waals surface area contributed by atoms with E-state index in [2.05, 4.69) is 40.7 Å². The molecule has 1 N–H and O–H groups in total. The van der Waals surface area contributed by atoms with Crippen molar-refractivity contribution in [3.8, 4) is 0 Å². The van der Waals surface area contributed by atoms with Crippen LogP contribution in [-0.2, 0) is 14.3 Å². The van der Waals surface area contributed by atoms with Crippen molar-refractivity contribution in [2.75, 3.05) is 11.9 Å². The number of halogens is 1. The highest BCUT2D eigenvalue weighted by atomic mass is 35.5. The molecule has 152 valence electrons. The average Bonchev–Trinajstić information content (AvgIpc) is 3.21. The van der Waals surface area contributed by atoms with Gasteiger partial charge in [-0.05, 0) is 6.42 Å². The van der Waals surface area contributed by atoms with Gasteiger partial charge in [0.05, 0.1) is 19.0 Å². The average molecular weight is 408 g/mol. The summed E-state index contributed by atoms with van der Waals surface area (Å²) in [7, 11) is 0. The van der Waals surface area contributed by atoms with Crippen LogP contribution in [0.25, 0.3) is 11.2 Å². The Bertz CT molecular complexity index is 869. The van der Waals surface area contributed by atoms with Crippen LogP contribution in [0.5, 0.6) is 0 Å². The Morgan fingerprint density at radius 2 is 2.25 bits per heavy atom. The summed E-state index contributed by atoms with van der Waals surface area (Å²) in [5.74, 6) is -0.0705. The lowest BCUT2D eigenvalue weighted by atomic mass is 9.98. The SMILES string of the molecule is C=CCO[C@@H]1[C@H](C)[C@@H](CC)O[C@H]1n1cnc2c(Cl)nc(NC(=O)C(C)C)nc21. The summed E-state index contributed by atoms with van der Waals surface area (Å²) in [5.41, 5.74) is 0.933. The van der Waals surface area contributed by atoms with E-state index >= 15 is 0 Å². The molecule has 0 saturated carbocycles. The number of ether oxygens (including phenoxy) is 2. The van der Waals surface area contributed by atoms with E-state index in [1.54, 1.807) is 30.8 Å². The number of amides is 1. The lowest BCUT2D eigenvalue weighted by Crippen LogP contribution is -2.28. The zero-order chi connectivity index (χ0) is 20.4. The van der Waals surface area contributed by atoms with Crippen molar-refractivity contribution in [3.63, 3.8) is 0 Å². The molecule has 9 heteroatoms. The molecule has 4 atom stereocenters. The minimum atomic E-state index is -0.412. The molecule has 3 rings (SSSR count). The van der Waals surface area contributed by atoms with E-state index in [1.807, 2.05) is 0 Å². The van der Waals surface area contributed by atoms with Crippen LogP contribution in [0.2, 0.25) is 5.15 Å². The van der Waals surface area contributed by atoms with Gasteiger partial charge < -0.3 is 9.47 Å². The van der Waals surface area contributed by atoms with Gasteiger partial charge in [0.1, 0.15) is 11.6 Å². The molecule has 0 aliphatic carbocycles. The van der Waals surface area contributed by atoms with Gasteiger partial charge in [-0.15, -0.1) is 6.58 Å². The van der Waals surface area contributed by atoms with Gasteiger partial charge in [0.25, 0.3) is 0 Å². The molecule has 0 bridgehead atoms. The van der Waals surface area contributed by atoms with E-state index in [1.165, 1.54) is 0 Å². The fourth-order valence-corrected chi connectivity index (χ4v) is 3.55. The third kappa shape index (κ3) is 3.90. The number of nitrogens with one attached hydrogen (secondary N) is 1. The molecule has 8 nitrogen and oxygen atoms in total. The smallest absolute Gasteiger partial charge is 0.232 e. The van der Waals surface area contributed by atoms with Gasteiger partial charge in [0.15, 0.2) is 17.0 Å². The molecular formula is C19H26ClN5O3. The first-order chi connectivity index (χ1) is 13.4. The second-order valence-corrected chi connectivity index (χ2v) is 7.58. The summed E-state index contributed by atoms with van der Waals surface area (Å²) in [6, 6.07) is 0. The van der Waals surface area contributed by atoms with Crippen LogP contribution < -0.4 is 5.32 Å². The molecule has 1 fully saturated rings. The van der Waals surface area contributed by atoms with Gasteiger partial charge in [-0.1, -0.05) is 45.4 Å². The first-order valence-electron chi connectivity index (χ1n) is 9.46. The third-order valence-electron chi connectivity index (χ3n) is 4.92.